The monoisotopic (exact) mass is 790 g/mol. The van der Waals surface area contributed by atoms with E-state index in [1.807, 2.05) is 4.72 Å². The van der Waals surface area contributed by atoms with Gasteiger partial charge in [-0.25, -0.2) is 32.0 Å². The van der Waals surface area contributed by atoms with Crippen molar-refractivity contribution in [3.05, 3.63) is 23.9 Å². The molecule has 1 saturated heterocycles. The summed E-state index contributed by atoms with van der Waals surface area (Å²) in [5.41, 5.74) is -0.516. The summed E-state index contributed by atoms with van der Waals surface area (Å²) < 4.78 is 72.7. The van der Waals surface area contributed by atoms with Crippen LogP contribution in [-0.4, -0.2) is 102 Å². The van der Waals surface area contributed by atoms with Crippen LogP contribution in [0.5, 0.6) is 11.6 Å². The molecule has 1 aromatic heterocycles. The average molecular weight is 791 g/mol. The Labute approximate surface area is 318 Å². The van der Waals surface area contributed by atoms with Crippen LogP contribution >= 0.6 is 0 Å². The van der Waals surface area contributed by atoms with Crippen LogP contribution in [0.15, 0.2) is 18.2 Å². The van der Waals surface area contributed by atoms with Crippen molar-refractivity contribution < 1.29 is 50.6 Å². The molecule has 4 amide bonds. The number of benzene rings is 1. The largest absolute Gasteiger partial charge is 0.497 e. The van der Waals surface area contributed by atoms with Crippen molar-refractivity contribution in [3.8, 4) is 11.6 Å². The molecule has 300 valence electrons. The number of carbonyl (C=O) groups excluding carboxylic acids is 4. The molecular formula is C37H48F2N6O9S. The van der Waals surface area contributed by atoms with E-state index in [-0.39, 0.29) is 30.9 Å². The van der Waals surface area contributed by atoms with Gasteiger partial charge in [0.05, 0.1) is 35.4 Å². The number of hydrogen-bond acceptors (Lipinski definition) is 11. The SMILES string of the molecule is CC[C@@H]1[C@@H]2CN(C(=O)[C@H](C)NC(=O)O[C@@H]3C[C@H]3CCCCCc3nc4ccc(OC)cc4nc3O2)[C@@H]1C(=O)N[C@]1(C(=O)NS(=O)(=O)C2(C)CC2)C[C@H]1C(F)F. The normalized spacial score (nSPS) is 31.8. The molecule has 0 unspecified atom stereocenters. The summed E-state index contributed by atoms with van der Waals surface area (Å²) >= 11 is 0. The van der Waals surface area contributed by atoms with Crippen molar-refractivity contribution in [2.24, 2.45) is 17.8 Å². The number of hydrogen-bond donors (Lipinski definition) is 3. The summed E-state index contributed by atoms with van der Waals surface area (Å²) in [6, 6.07) is 2.76. The smallest absolute Gasteiger partial charge is 0.408 e. The summed E-state index contributed by atoms with van der Waals surface area (Å²) in [6.45, 7) is 4.51. The van der Waals surface area contributed by atoms with Gasteiger partial charge in [0, 0.05) is 12.0 Å². The Hall–Kier alpha value is -4.35. The van der Waals surface area contributed by atoms with E-state index in [2.05, 4.69) is 10.6 Å². The van der Waals surface area contributed by atoms with Gasteiger partial charge in [-0.3, -0.25) is 19.1 Å². The van der Waals surface area contributed by atoms with Crippen LogP contribution in [0.4, 0.5) is 13.6 Å². The molecule has 7 rings (SSSR count). The maximum Gasteiger partial charge on any atom is 0.408 e. The number of carbonyl (C=O) groups is 4. The number of aromatic nitrogens is 2. The molecule has 55 heavy (non-hydrogen) atoms. The van der Waals surface area contributed by atoms with Gasteiger partial charge >= 0.3 is 6.09 Å². The number of alkyl halides is 2. The van der Waals surface area contributed by atoms with Crippen molar-refractivity contribution in [2.45, 2.75) is 126 Å². The molecule has 2 aromatic rings. The minimum Gasteiger partial charge on any atom is -0.497 e. The standard InChI is InChI=1S/C37H48F2N6O9S/c1-5-22-28-18-45(29(22)31(46)43-37(17-23(37)30(38)39)34(48)44-55(50,51)36(3)13-14-36)33(47)19(2)40-35(49)54-27-15-20(27)9-7-6-8-10-25-32(53-28)42-26-16-21(52-4)11-12-24(26)41-25/h11-12,16,19-20,22-23,27-30H,5-10,13-15,17-18H2,1-4H3,(H,40,49)(H,43,46)(H,44,48)/t19-,20+,22+,23-,27+,28-,29-,37+/m0/s1. The first-order valence-electron chi connectivity index (χ1n) is 19.1. The van der Waals surface area contributed by atoms with Crippen LogP contribution in [0.3, 0.4) is 0 Å². The van der Waals surface area contributed by atoms with Crippen LogP contribution in [-0.2, 0) is 35.6 Å². The fourth-order valence-electron chi connectivity index (χ4n) is 7.96. The number of amides is 4. The lowest BCUT2D eigenvalue weighted by Gasteiger charge is -2.31. The van der Waals surface area contributed by atoms with Gasteiger partial charge in [-0.2, -0.15) is 0 Å². The second-order valence-corrected chi connectivity index (χ2v) is 18.1. The lowest BCUT2D eigenvalue weighted by molar-refractivity contribution is -0.142. The highest BCUT2D eigenvalue weighted by atomic mass is 32.2. The number of halogens is 2. The van der Waals surface area contributed by atoms with E-state index in [0.717, 1.165) is 32.1 Å². The third-order valence-corrected chi connectivity index (χ3v) is 14.2. The number of methoxy groups -OCH3 is 1. The van der Waals surface area contributed by atoms with Gasteiger partial charge < -0.3 is 29.7 Å². The lowest BCUT2D eigenvalue weighted by Crippen LogP contribution is -2.59. The van der Waals surface area contributed by atoms with Gasteiger partial charge in [0.15, 0.2) is 0 Å². The van der Waals surface area contributed by atoms with Crippen LogP contribution in [0.2, 0.25) is 0 Å². The fraction of sp³-hybridized carbons (Fsp3) is 0.676. The minimum absolute atomic E-state index is 0.164. The molecule has 1 aromatic carbocycles. The van der Waals surface area contributed by atoms with Gasteiger partial charge in [-0.05, 0) is 83.3 Å². The van der Waals surface area contributed by atoms with E-state index >= 15 is 0 Å². The van der Waals surface area contributed by atoms with Crippen molar-refractivity contribution in [1.82, 2.24) is 30.2 Å². The Morgan fingerprint density at radius 2 is 1.87 bits per heavy atom. The molecule has 3 heterocycles. The highest BCUT2D eigenvalue weighted by Gasteiger charge is 2.67. The van der Waals surface area contributed by atoms with Crippen LogP contribution in [0, 0.1) is 17.8 Å². The first-order valence-corrected chi connectivity index (χ1v) is 20.5. The maximum absolute atomic E-state index is 14.4. The molecule has 18 heteroatoms. The van der Waals surface area contributed by atoms with E-state index in [4.69, 9.17) is 24.2 Å². The Bertz CT molecular complexity index is 1980. The number of sulfonamides is 1. The summed E-state index contributed by atoms with van der Waals surface area (Å²) in [5.74, 6) is -4.29. The molecule has 3 N–H and O–H groups in total. The molecule has 3 saturated carbocycles. The molecule has 0 spiro atoms. The van der Waals surface area contributed by atoms with E-state index in [9.17, 15) is 36.4 Å². The third-order valence-electron chi connectivity index (χ3n) is 12.0. The number of aryl methyl sites for hydroxylation is 1. The average Bonchev–Trinajstić information content (AvgIpc) is 4.09. The van der Waals surface area contributed by atoms with Crippen LogP contribution < -0.4 is 24.8 Å². The Balaban J connectivity index is 1.23. The van der Waals surface area contributed by atoms with E-state index < -0.39 is 87.0 Å². The molecule has 8 atom stereocenters. The van der Waals surface area contributed by atoms with Crippen molar-refractivity contribution in [2.75, 3.05) is 13.7 Å². The van der Waals surface area contributed by atoms with Gasteiger partial charge in [-0.1, -0.05) is 19.8 Å². The molecular weight excluding hydrogens is 743 g/mol. The zero-order chi connectivity index (χ0) is 39.4. The zero-order valence-corrected chi connectivity index (χ0v) is 32.1. The Morgan fingerprint density at radius 3 is 2.55 bits per heavy atom. The molecule has 3 aliphatic carbocycles. The van der Waals surface area contributed by atoms with E-state index in [0.29, 0.717) is 41.7 Å². The van der Waals surface area contributed by atoms with Crippen molar-refractivity contribution in [1.29, 1.82) is 0 Å². The number of nitrogens with zero attached hydrogens (tertiary/aromatic N) is 3. The molecule has 0 radical (unpaired) electrons. The molecule has 15 nitrogen and oxygen atoms in total. The summed E-state index contributed by atoms with van der Waals surface area (Å²) in [7, 11) is -2.69. The van der Waals surface area contributed by atoms with Crippen molar-refractivity contribution >= 4 is 44.9 Å². The van der Waals surface area contributed by atoms with Gasteiger partial charge in [-0.15, -0.1) is 0 Å². The first-order chi connectivity index (χ1) is 26.1. The summed E-state index contributed by atoms with van der Waals surface area (Å²) in [5, 5.41) is 5.04. The molecule has 5 aliphatic rings. The number of nitrogens with one attached hydrogen (secondary N) is 3. The topological polar surface area (TPSA) is 195 Å². The Morgan fingerprint density at radius 1 is 1.11 bits per heavy atom. The Kier molecular flexibility index (Phi) is 10.3. The number of alkyl carbamates (subject to hydrolysis) is 1. The summed E-state index contributed by atoms with van der Waals surface area (Å²) in [4.78, 5) is 66.0. The molecule has 4 fully saturated rings. The second-order valence-electron chi connectivity index (χ2n) is 15.9. The van der Waals surface area contributed by atoms with Gasteiger partial charge in [0.25, 0.3) is 5.91 Å². The highest BCUT2D eigenvalue weighted by Crippen LogP contribution is 2.50. The quantitative estimate of drug-likeness (QED) is 0.355. The van der Waals surface area contributed by atoms with E-state index in [1.54, 1.807) is 25.1 Å². The maximum atomic E-state index is 14.4. The van der Waals surface area contributed by atoms with Crippen LogP contribution in [0.25, 0.3) is 11.0 Å². The van der Waals surface area contributed by atoms with Crippen LogP contribution in [0.1, 0.15) is 84.3 Å². The van der Waals surface area contributed by atoms with Crippen molar-refractivity contribution in [3.63, 3.8) is 0 Å². The number of ether oxygens (including phenoxy) is 3. The van der Waals surface area contributed by atoms with E-state index in [1.165, 1.54) is 25.9 Å². The fourth-order valence-corrected chi connectivity index (χ4v) is 9.28. The zero-order valence-electron chi connectivity index (χ0n) is 31.3. The second kappa shape index (κ2) is 14.6. The summed E-state index contributed by atoms with van der Waals surface area (Å²) in [6.07, 6.45) is 0.0784. The minimum atomic E-state index is -4.23. The highest BCUT2D eigenvalue weighted by molar-refractivity contribution is 7.91. The predicted octanol–water partition coefficient (Wildman–Crippen LogP) is 3.38. The third kappa shape index (κ3) is 7.62. The number of fused-ring (bicyclic) bond motifs is 5. The molecule has 2 bridgehead atoms. The molecule has 2 aliphatic heterocycles. The van der Waals surface area contributed by atoms with Gasteiger partial charge in [0.1, 0.15) is 41.3 Å². The lowest BCUT2D eigenvalue weighted by atomic mass is 9.93. The van der Waals surface area contributed by atoms with Gasteiger partial charge in [0.2, 0.25) is 34.1 Å². The number of rotatable bonds is 8. The predicted molar refractivity (Wildman–Crippen MR) is 193 cm³/mol. The first kappa shape index (κ1) is 38.9.